The van der Waals surface area contributed by atoms with Gasteiger partial charge < -0.3 is 15.4 Å². The van der Waals surface area contributed by atoms with Crippen LogP contribution in [0.2, 0.25) is 0 Å². The average molecular weight is 274 g/mol. The molecular weight excluding hydrogens is 252 g/mol. The number of nitrogens with one attached hydrogen (secondary N) is 2. The van der Waals surface area contributed by atoms with E-state index in [0.717, 1.165) is 10.9 Å². The van der Waals surface area contributed by atoms with Crippen molar-refractivity contribution < 1.29 is 9.90 Å². The Morgan fingerprint density at radius 1 is 1.35 bits per heavy atom. The predicted octanol–water partition coefficient (Wildman–Crippen LogP) is 2.69. The number of benzene rings is 1. The van der Waals surface area contributed by atoms with E-state index in [2.05, 4.69) is 31.1 Å². The number of carbonyl (C=O) groups is 1. The molecule has 108 valence electrons. The first kappa shape index (κ1) is 14.6. The fraction of sp³-hybridized carbons (Fsp3) is 0.438. The summed E-state index contributed by atoms with van der Waals surface area (Å²) in [5.74, 6) is -0.0939. The average Bonchev–Trinajstić information content (AvgIpc) is 2.84. The molecule has 3 N–H and O–H groups in total. The summed E-state index contributed by atoms with van der Waals surface area (Å²) in [6.45, 7) is 6.25. The molecule has 1 aromatic heterocycles. The minimum Gasteiger partial charge on any atom is -0.396 e. The summed E-state index contributed by atoms with van der Waals surface area (Å²) in [6.07, 6.45) is 2.38. The number of hydrogen-bond donors (Lipinski definition) is 3. The standard InChI is InChI=1S/C16H22N2O2/c1-16(2,3)14(8-10-19)18-15(20)12-5-4-6-13-11(12)7-9-17-13/h4-7,9,14,17,19H,8,10H2,1-3H3,(H,18,20). The monoisotopic (exact) mass is 274 g/mol. The number of aromatic nitrogens is 1. The molecular formula is C16H22N2O2. The molecule has 1 amide bonds. The number of hydrogen-bond acceptors (Lipinski definition) is 2. The van der Waals surface area contributed by atoms with E-state index < -0.39 is 0 Å². The number of amides is 1. The molecule has 0 spiro atoms. The Hall–Kier alpha value is -1.81. The first-order chi connectivity index (χ1) is 9.43. The number of carbonyl (C=O) groups excluding carboxylic acids is 1. The van der Waals surface area contributed by atoms with Crippen LogP contribution in [0.5, 0.6) is 0 Å². The second kappa shape index (κ2) is 5.67. The van der Waals surface area contributed by atoms with Gasteiger partial charge in [0, 0.05) is 35.3 Å². The summed E-state index contributed by atoms with van der Waals surface area (Å²) >= 11 is 0. The van der Waals surface area contributed by atoms with Gasteiger partial charge in [-0.3, -0.25) is 4.79 Å². The van der Waals surface area contributed by atoms with Gasteiger partial charge in [0.05, 0.1) is 0 Å². The van der Waals surface area contributed by atoms with Crippen LogP contribution in [0.25, 0.3) is 10.9 Å². The second-order valence-electron chi connectivity index (χ2n) is 6.15. The number of aliphatic hydroxyl groups excluding tert-OH is 1. The van der Waals surface area contributed by atoms with E-state index in [4.69, 9.17) is 5.11 Å². The van der Waals surface area contributed by atoms with Gasteiger partial charge in [0.1, 0.15) is 0 Å². The molecule has 0 radical (unpaired) electrons. The zero-order valence-electron chi connectivity index (χ0n) is 12.2. The Morgan fingerprint density at radius 3 is 2.75 bits per heavy atom. The minimum absolute atomic E-state index is 0.0609. The van der Waals surface area contributed by atoms with E-state index in [9.17, 15) is 4.79 Å². The maximum absolute atomic E-state index is 12.5. The quantitative estimate of drug-likeness (QED) is 0.802. The van der Waals surface area contributed by atoms with E-state index in [1.807, 2.05) is 30.5 Å². The molecule has 1 unspecified atom stereocenters. The fourth-order valence-electron chi connectivity index (χ4n) is 2.37. The summed E-state index contributed by atoms with van der Waals surface area (Å²) in [4.78, 5) is 15.6. The normalized spacial score (nSPS) is 13.4. The third-order valence-corrected chi connectivity index (χ3v) is 3.61. The second-order valence-corrected chi connectivity index (χ2v) is 6.15. The summed E-state index contributed by atoms with van der Waals surface area (Å²) in [6, 6.07) is 7.48. The number of H-pyrrole nitrogens is 1. The van der Waals surface area contributed by atoms with Crippen LogP contribution in [0.1, 0.15) is 37.6 Å². The van der Waals surface area contributed by atoms with Gasteiger partial charge in [-0.15, -0.1) is 0 Å². The highest BCUT2D eigenvalue weighted by Gasteiger charge is 2.26. The van der Waals surface area contributed by atoms with Crippen molar-refractivity contribution in [1.82, 2.24) is 10.3 Å². The van der Waals surface area contributed by atoms with Gasteiger partial charge in [0.2, 0.25) is 0 Å². The van der Waals surface area contributed by atoms with E-state index in [-0.39, 0.29) is 24.0 Å². The number of rotatable bonds is 4. The van der Waals surface area contributed by atoms with Gasteiger partial charge >= 0.3 is 0 Å². The van der Waals surface area contributed by atoms with Crippen molar-refractivity contribution in [3.8, 4) is 0 Å². The van der Waals surface area contributed by atoms with E-state index in [0.29, 0.717) is 12.0 Å². The van der Waals surface area contributed by atoms with Gasteiger partial charge in [0.25, 0.3) is 5.91 Å². The lowest BCUT2D eigenvalue weighted by atomic mass is 9.84. The zero-order valence-corrected chi connectivity index (χ0v) is 12.2. The third-order valence-electron chi connectivity index (χ3n) is 3.61. The first-order valence-electron chi connectivity index (χ1n) is 6.91. The molecule has 2 rings (SSSR count). The smallest absolute Gasteiger partial charge is 0.252 e. The van der Waals surface area contributed by atoms with Crippen LogP contribution in [0.4, 0.5) is 0 Å². The molecule has 0 aliphatic heterocycles. The van der Waals surface area contributed by atoms with Crippen LogP contribution in [0, 0.1) is 5.41 Å². The summed E-state index contributed by atoms with van der Waals surface area (Å²) in [5.41, 5.74) is 1.52. The third kappa shape index (κ3) is 3.02. The summed E-state index contributed by atoms with van der Waals surface area (Å²) in [7, 11) is 0. The first-order valence-corrected chi connectivity index (χ1v) is 6.91. The van der Waals surface area contributed by atoms with Crippen LogP contribution < -0.4 is 5.32 Å². The molecule has 0 aliphatic carbocycles. The summed E-state index contributed by atoms with van der Waals surface area (Å²) in [5, 5.41) is 13.1. The SMILES string of the molecule is CC(C)(C)C(CCO)NC(=O)c1cccc2[nH]ccc12. The lowest BCUT2D eigenvalue weighted by molar-refractivity contribution is 0.0887. The van der Waals surface area contributed by atoms with Gasteiger partial charge in [0.15, 0.2) is 0 Å². The Labute approximate surface area is 119 Å². The molecule has 0 saturated heterocycles. The zero-order chi connectivity index (χ0) is 14.8. The van der Waals surface area contributed by atoms with E-state index in [1.54, 1.807) is 0 Å². The van der Waals surface area contributed by atoms with Crippen molar-refractivity contribution in [2.75, 3.05) is 6.61 Å². The van der Waals surface area contributed by atoms with Crippen LogP contribution in [-0.2, 0) is 0 Å². The highest BCUT2D eigenvalue weighted by molar-refractivity contribution is 6.06. The van der Waals surface area contributed by atoms with E-state index >= 15 is 0 Å². The van der Waals surface area contributed by atoms with Gasteiger partial charge in [-0.1, -0.05) is 26.8 Å². The van der Waals surface area contributed by atoms with Gasteiger partial charge in [-0.25, -0.2) is 0 Å². The topological polar surface area (TPSA) is 65.1 Å². The Morgan fingerprint density at radius 2 is 2.10 bits per heavy atom. The molecule has 1 atom stereocenters. The van der Waals surface area contributed by atoms with Crippen molar-refractivity contribution in [2.45, 2.75) is 33.2 Å². The molecule has 0 fully saturated rings. The predicted molar refractivity (Wildman–Crippen MR) is 80.7 cm³/mol. The molecule has 0 saturated carbocycles. The molecule has 2 aromatic rings. The molecule has 0 bridgehead atoms. The van der Waals surface area contributed by atoms with Crippen molar-refractivity contribution in [2.24, 2.45) is 5.41 Å². The highest BCUT2D eigenvalue weighted by Crippen LogP contribution is 2.23. The van der Waals surface area contributed by atoms with Gasteiger partial charge in [-0.05, 0) is 30.0 Å². The number of aliphatic hydroxyl groups is 1. The Balaban J connectivity index is 2.25. The van der Waals surface area contributed by atoms with Crippen LogP contribution in [0.15, 0.2) is 30.5 Å². The van der Waals surface area contributed by atoms with Crippen LogP contribution >= 0.6 is 0 Å². The van der Waals surface area contributed by atoms with Gasteiger partial charge in [-0.2, -0.15) is 0 Å². The Bertz CT molecular complexity index is 596. The maximum Gasteiger partial charge on any atom is 0.252 e. The molecule has 4 nitrogen and oxygen atoms in total. The van der Waals surface area contributed by atoms with Crippen molar-refractivity contribution in [3.63, 3.8) is 0 Å². The van der Waals surface area contributed by atoms with Crippen LogP contribution in [0.3, 0.4) is 0 Å². The largest absolute Gasteiger partial charge is 0.396 e. The molecule has 20 heavy (non-hydrogen) atoms. The molecule has 0 aliphatic rings. The maximum atomic E-state index is 12.5. The van der Waals surface area contributed by atoms with Crippen molar-refractivity contribution in [3.05, 3.63) is 36.0 Å². The van der Waals surface area contributed by atoms with Crippen molar-refractivity contribution in [1.29, 1.82) is 0 Å². The fourth-order valence-corrected chi connectivity index (χ4v) is 2.37. The number of aromatic amines is 1. The Kier molecular flexibility index (Phi) is 4.14. The highest BCUT2D eigenvalue weighted by atomic mass is 16.3. The van der Waals surface area contributed by atoms with Crippen LogP contribution in [-0.4, -0.2) is 28.6 Å². The molecule has 1 aromatic carbocycles. The van der Waals surface area contributed by atoms with E-state index in [1.165, 1.54) is 0 Å². The lowest BCUT2D eigenvalue weighted by Gasteiger charge is -2.31. The number of fused-ring (bicyclic) bond motifs is 1. The van der Waals surface area contributed by atoms with Crippen molar-refractivity contribution >= 4 is 16.8 Å². The lowest BCUT2D eigenvalue weighted by Crippen LogP contribution is -2.44. The molecule has 1 heterocycles. The molecule has 4 heteroatoms. The minimum atomic E-state index is -0.0939. The summed E-state index contributed by atoms with van der Waals surface area (Å²) < 4.78 is 0.